The van der Waals surface area contributed by atoms with Crippen LogP contribution in [-0.4, -0.2) is 9.97 Å². The average Bonchev–Trinajstić information content (AvgIpc) is 2.49. The number of aromatic nitrogens is 2. The quantitative estimate of drug-likeness (QED) is 0.690. The Morgan fingerprint density at radius 1 is 1.05 bits per heavy atom. The highest BCUT2D eigenvalue weighted by molar-refractivity contribution is 14.1. The maximum absolute atomic E-state index is 4.39. The zero-order chi connectivity index (χ0) is 13.9. The summed E-state index contributed by atoms with van der Waals surface area (Å²) in [6.45, 7) is 2.14. The van der Waals surface area contributed by atoms with Gasteiger partial charge in [-0.05, 0) is 53.3 Å². The van der Waals surface area contributed by atoms with Crippen molar-refractivity contribution in [3.8, 4) is 0 Å². The standard InChI is InChI=1S/C16H14IN3/c1-11(12-5-3-2-4-6-12)20-16-14-9-13(17)7-8-15(14)18-10-19-16/h2-11H,1H3,(H,18,19,20). The van der Waals surface area contributed by atoms with E-state index in [1.165, 1.54) is 9.13 Å². The first-order valence-corrected chi connectivity index (χ1v) is 7.53. The molecule has 0 amide bonds. The maximum Gasteiger partial charge on any atom is 0.137 e. The molecule has 3 rings (SSSR count). The van der Waals surface area contributed by atoms with E-state index in [4.69, 9.17) is 0 Å². The molecule has 2 aromatic carbocycles. The van der Waals surface area contributed by atoms with Crippen molar-refractivity contribution in [3.63, 3.8) is 0 Å². The summed E-state index contributed by atoms with van der Waals surface area (Å²) in [4.78, 5) is 8.70. The number of benzene rings is 2. The second-order valence-corrected chi connectivity index (χ2v) is 5.91. The molecule has 1 heterocycles. The molecule has 0 radical (unpaired) electrons. The monoisotopic (exact) mass is 375 g/mol. The molecule has 0 spiro atoms. The number of fused-ring (bicyclic) bond motifs is 1. The first kappa shape index (κ1) is 13.3. The van der Waals surface area contributed by atoms with Crippen molar-refractivity contribution in [1.29, 1.82) is 0 Å². The summed E-state index contributed by atoms with van der Waals surface area (Å²) >= 11 is 2.31. The summed E-state index contributed by atoms with van der Waals surface area (Å²) in [6, 6.07) is 16.7. The number of rotatable bonds is 3. The van der Waals surface area contributed by atoms with E-state index in [2.05, 4.69) is 81.2 Å². The van der Waals surface area contributed by atoms with Crippen LogP contribution < -0.4 is 5.32 Å². The predicted molar refractivity (Wildman–Crippen MR) is 90.7 cm³/mol. The van der Waals surface area contributed by atoms with Gasteiger partial charge < -0.3 is 5.32 Å². The maximum atomic E-state index is 4.39. The molecule has 3 nitrogen and oxygen atoms in total. The fourth-order valence-electron chi connectivity index (χ4n) is 2.17. The Bertz CT molecular complexity index is 728. The summed E-state index contributed by atoms with van der Waals surface area (Å²) in [5, 5.41) is 4.53. The fourth-order valence-corrected chi connectivity index (χ4v) is 2.67. The van der Waals surface area contributed by atoms with Crippen LogP contribution in [0.5, 0.6) is 0 Å². The largest absolute Gasteiger partial charge is 0.363 e. The van der Waals surface area contributed by atoms with E-state index in [0.717, 1.165) is 16.7 Å². The van der Waals surface area contributed by atoms with E-state index in [0.29, 0.717) is 0 Å². The lowest BCUT2D eigenvalue weighted by Gasteiger charge is -2.16. The topological polar surface area (TPSA) is 37.8 Å². The molecular weight excluding hydrogens is 361 g/mol. The molecule has 4 heteroatoms. The number of anilines is 1. The fraction of sp³-hybridized carbons (Fsp3) is 0.125. The number of hydrogen-bond acceptors (Lipinski definition) is 3. The molecular formula is C16H14IN3. The van der Waals surface area contributed by atoms with Gasteiger partial charge in [-0.25, -0.2) is 9.97 Å². The third kappa shape index (κ3) is 2.75. The Kier molecular flexibility index (Phi) is 3.82. The van der Waals surface area contributed by atoms with Gasteiger partial charge in [0.1, 0.15) is 12.1 Å². The number of halogens is 1. The summed E-state index contributed by atoms with van der Waals surface area (Å²) in [5.74, 6) is 0.880. The van der Waals surface area contributed by atoms with E-state index in [1.54, 1.807) is 6.33 Å². The smallest absolute Gasteiger partial charge is 0.137 e. The minimum Gasteiger partial charge on any atom is -0.363 e. The van der Waals surface area contributed by atoms with E-state index in [1.807, 2.05) is 12.1 Å². The zero-order valence-electron chi connectivity index (χ0n) is 11.0. The van der Waals surface area contributed by atoms with Gasteiger partial charge in [0.05, 0.1) is 5.52 Å². The van der Waals surface area contributed by atoms with Crippen molar-refractivity contribution >= 4 is 39.3 Å². The first-order valence-electron chi connectivity index (χ1n) is 6.46. The van der Waals surface area contributed by atoms with E-state index >= 15 is 0 Å². The van der Waals surface area contributed by atoms with Gasteiger partial charge in [-0.3, -0.25) is 0 Å². The van der Waals surface area contributed by atoms with Crippen molar-refractivity contribution in [2.24, 2.45) is 0 Å². The molecule has 1 unspecified atom stereocenters. The molecule has 3 aromatic rings. The molecule has 0 aliphatic rings. The Morgan fingerprint density at radius 2 is 1.85 bits per heavy atom. The van der Waals surface area contributed by atoms with Gasteiger partial charge in [0.25, 0.3) is 0 Å². The van der Waals surface area contributed by atoms with Gasteiger partial charge in [0.15, 0.2) is 0 Å². The number of nitrogens with zero attached hydrogens (tertiary/aromatic N) is 2. The normalized spacial score (nSPS) is 12.3. The highest BCUT2D eigenvalue weighted by Crippen LogP contribution is 2.25. The molecule has 1 atom stereocenters. The number of hydrogen-bond donors (Lipinski definition) is 1. The van der Waals surface area contributed by atoms with E-state index in [9.17, 15) is 0 Å². The van der Waals surface area contributed by atoms with E-state index < -0.39 is 0 Å². The molecule has 0 fully saturated rings. The van der Waals surface area contributed by atoms with E-state index in [-0.39, 0.29) is 6.04 Å². The van der Waals surface area contributed by atoms with Crippen molar-refractivity contribution in [1.82, 2.24) is 9.97 Å². The van der Waals surface area contributed by atoms with Gasteiger partial charge in [-0.1, -0.05) is 30.3 Å². The van der Waals surface area contributed by atoms with Crippen molar-refractivity contribution in [2.75, 3.05) is 5.32 Å². The van der Waals surface area contributed by atoms with Crippen molar-refractivity contribution in [3.05, 3.63) is 64.0 Å². The van der Waals surface area contributed by atoms with Gasteiger partial charge in [-0.2, -0.15) is 0 Å². The Labute approximate surface area is 131 Å². The Balaban J connectivity index is 1.97. The summed E-state index contributed by atoms with van der Waals surface area (Å²) < 4.78 is 1.18. The highest BCUT2D eigenvalue weighted by Gasteiger charge is 2.09. The highest BCUT2D eigenvalue weighted by atomic mass is 127. The third-order valence-corrected chi connectivity index (χ3v) is 3.92. The predicted octanol–water partition coefficient (Wildman–Crippen LogP) is 4.41. The molecule has 0 aliphatic heterocycles. The van der Waals surface area contributed by atoms with Gasteiger partial charge >= 0.3 is 0 Å². The number of nitrogens with one attached hydrogen (secondary N) is 1. The van der Waals surface area contributed by atoms with Crippen LogP contribution in [0.3, 0.4) is 0 Å². The summed E-state index contributed by atoms with van der Waals surface area (Å²) in [6.07, 6.45) is 1.61. The second kappa shape index (κ2) is 5.75. The van der Waals surface area contributed by atoms with Gasteiger partial charge in [-0.15, -0.1) is 0 Å². The van der Waals surface area contributed by atoms with Crippen LogP contribution in [0, 0.1) is 3.57 Å². The average molecular weight is 375 g/mol. The molecule has 0 saturated carbocycles. The Morgan fingerprint density at radius 3 is 2.65 bits per heavy atom. The second-order valence-electron chi connectivity index (χ2n) is 4.66. The minimum atomic E-state index is 0.201. The van der Waals surface area contributed by atoms with Crippen molar-refractivity contribution in [2.45, 2.75) is 13.0 Å². The molecule has 20 heavy (non-hydrogen) atoms. The summed E-state index contributed by atoms with van der Waals surface area (Å²) in [7, 11) is 0. The molecule has 0 aliphatic carbocycles. The van der Waals surface area contributed by atoms with Crippen LogP contribution in [0.4, 0.5) is 5.82 Å². The lowest BCUT2D eigenvalue weighted by atomic mass is 10.1. The molecule has 0 bridgehead atoms. The third-order valence-electron chi connectivity index (χ3n) is 3.25. The lowest BCUT2D eigenvalue weighted by molar-refractivity contribution is 0.876. The SMILES string of the molecule is CC(Nc1ncnc2ccc(I)cc12)c1ccccc1. The molecule has 0 saturated heterocycles. The van der Waals surface area contributed by atoms with Crippen LogP contribution in [0.1, 0.15) is 18.5 Å². The van der Waals surface area contributed by atoms with Crippen LogP contribution in [-0.2, 0) is 0 Å². The van der Waals surface area contributed by atoms with Gasteiger partial charge in [0, 0.05) is 15.0 Å². The first-order chi connectivity index (χ1) is 9.74. The zero-order valence-corrected chi connectivity index (χ0v) is 13.2. The van der Waals surface area contributed by atoms with Crippen LogP contribution in [0.15, 0.2) is 54.9 Å². The molecule has 1 N–H and O–H groups in total. The van der Waals surface area contributed by atoms with Crippen LogP contribution >= 0.6 is 22.6 Å². The molecule has 100 valence electrons. The van der Waals surface area contributed by atoms with Crippen LogP contribution in [0.25, 0.3) is 10.9 Å². The van der Waals surface area contributed by atoms with Gasteiger partial charge in [0.2, 0.25) is 0 Å². The summed E-state index contributed by atoms with van der Waals surface area (Å²) in [5.41, 5.74) is 2.20. The minimum absolute atomic E-state index is 0.201. The molecule has 1 aromatic heterocycles. The van der Waals surface area contributed by atoms with Crippen LogP contribution in [0.2, 0.25) is 0 Å². The van der Waals surface area contributed by atoms with Crippen molar-refractivity contribution < 1.29 is 0 Å². The Hall–Kier alpha value is -1.69. The lowest BCUT2D eigenvalue weighted by Crippen LogP contribution is -2.08.